The molecule has 2 nitrogen and oxygen atoms in total. The summed E-state index contributed by atoms with van der Waals surface area (Å²) in [4.78, 5) is 5.45. The Labute approximate surface area is 79.1 Å². The lowest BCUT2D eigenvalue weighted by atomic mass is 10.1. The van der Waals surface area contributed by atoms with Gasteiger partial charge in [0.1, 0.15) is 0 Å². The first-order chi connectivity index (χ1) is 6.11. The van der Waals surface area contributed by atoms with Crippen LogP contribution in [0.4, 0.5) is 0 Å². The number of hydroxylamine groups is 2. The van der Waals surface area contributed by atoms with Crippen molar-refractivity contribution in [3.8, 4) is 0 Å². The standard InChI is InChI=1S/C11H15NO/c1-9(12-11(2,3)13-12)10-7-5-4-6-8-10/h4-9H,1-3H3. The van der Waals surface area contributed by atoms with Gasteiger partial charge in [-0.1, -0.05) is 30.3 Å². The van der Waals surface area contributed by atoms with Gasteiger partial charge < -0.3 is 0 Å². The summed E-state index contributed by atoms with van der Waals surface area (Å²) < 4.78 is 0. The summed E-state index contributed by atoms with van der Waals surface area (Å²) in [6.45, 7) is 6.31. The Kier molecular flexibility index (Phi) is 1.90. The molecule has 2 heteroatoms. The minimum atomic E-state index is -0.0741. The molecule has 1 heterocycles. The Morgan fingerprint density at radius 3 is 2.23 bits per heavy atom. The van der Waals surface area contributed by atoms with Gasteiger partial charge in [0.05, 0.1) is 6.04 Å². The van der Waals surface area contributed by atoms with E-state index in [2.05, 4.69) is 45.0 Å². The van der Waals surface area contributed by atoms with E-state index < -0.39 is 0 Å². The molecule has 1 aliphatic rings. The third-order valence-electron chi connectivity index (χ3n) is 2.45. The molecule has 1 aliphatic heterocycles. The number of benzene rings is 1. The quantitative estimate of drug-likeness (QED) is 0.645. The van der Waals surface area contributed by atoms with Crippen molar-refractivity contribution in [3.63, 3.8) is 0 Å². The third kappa shape index (κ3) is 1.60. The number of hydrogen-bond acceptors (Lipinski definition) is 2. The van der Waals surface area contributed by atoms with Crippen LogP contribution >= 0.6 is 0 Å². The van der Waals surface area contributed by atoms with Crippen LogP contribution in [0.1, 0.15) is 32.4 Å². The molecule has 0 bridgehead atoms. The molecule has 2 unspecified atom stereocenters. The van der Waals surface area contributed by atoms with Crippen molar-refractivity contribution in [2.24, 2.45) is 0 Å². The van der Waals surface area contributed by atoms with Crippen LogP contribution in [0, 0.1) is 0 Å². The Morgan fingerprint density at radius 2 is 1.77 bits per heavy atom. The molecule has 70 valence electrons. The molecule has 0 aliphatic carbocycles. The van der Waals surface area contributed by atoms with Crippen LogP contribution in [-0.4, -0.2) is 10.8 Å². The summed E-state index contributed by atoms with van der Waals surface area (Å²) in [5.41, 5.74) is 1.22. The molecule has 0 saturated carbocycles. The van der Waals surface area contributed by atoms with Crippen molar-refractivity contribution in [1.82, 2.24) is 5.06 Å². The lowest BCUT2D eigenvalue weighted by Gasteiger charge is -2.11. The molecule has 0 spiro atoms. The van der Waals surface area contributed by atoms with E-state index in [1.165, 1.54) is 5.56 Å². The lowest BCUT2D eigenvalue weighted by molar-refractivity contribution is 0.154. The van der Waals surface area contributed by atoms with Crippen molar-refractivity contribution in [3.05, 3.63) is 35.9 Å². The van der Waals surface area contributed by atoms with Gasteiger partial charge in [-0.2, -0.15) is 0 Å². The van der Waals surface area contributed by atoms with Crippen LogP contribution in [0.15, 0.2) is 30.3 Å². The second kappa shape index (κ2) is 2.82. The first-order valence-electron chi connectivity index (χ1n) is 4.65. The molecule has 1 saturated heterocycles. The van der Waals surface area contributed by atoms with Crippen molar-refractivity contribution in [2.45, 2.75) is 32.5 Å². The van der Waals surface area contributed by atoms with Crippen LogP contribution in [0.25, 0.3) is 0 Å². The highest BCUT2D eigenvalue weighted by Gasteiger charge is 2.49. The summed E-state index contributed by atoms with van der Waals surface area (Å²) in [6.07, 6.45) is 0. The molecular formula is C11H15NO. The minimum Gasteiger partial charge on any atom is -0.272 e. The number of nitrogens with zero attached hydrogens (tertiary/aromatic N) is 1. The highest BCUT2D eigenvalue weighted by atomic mass is 16.9. The zero-order valence-corrected chi connectivity index (χ0v) is 8.32. The average Bonchev–Trinajstić information content (AvgIpc) is 2.76. The van der Waals surface area contributed by atoms with E-state index in [1.54, 1.807) is 0 Å². The molecule has 13 heavy (non-hydrogen) atoms. The lowest BCUT2D eigenvalue weighted by Crippen LogP contribution is -2.13. The summed E-state index contributed by atoms with van der Waals surface area (Å²) in [5.74, 6) is 0. The smallest absolute Gasteiger partial charge is 0.160 e. The van der Waals surface area contributed by atoms with Gasteiger partial charge in [0.25, 0.3) is 0 Å². The number of rotatable bonds is 2. The fourth-order valence-electron chi connectivity index (χ4n) is 1.63. The van der Waals surface area contributed by atoms with E-state index in [0.29, 0.717) is 6.04 Å². The monoisotopic (exact) mass is 177 g/mol. The normalized spacial score (nSPS) is 26.8. The first kappa shape index (κ1) is 8.73. The van der Waals surface area contributed by atoms with Gasteiger partial charge in [-0.25, -0.2) is 0 Å². The fourth-order valence-corrected chi connectivity index (χ4v) is 1.63. The maximum atomic E-state index is 5.45. The Morgan fingerprint density at radius 1 is 1.23 bits per heavy atom. The zero-order valence-electron chi connectivity index (χ0n) is 8.32. The summed E-state index contributed by atoms with van der Waals surface area (Å²) >= 11 is 0. The predicted molar refractivity (Wildman–Crippen MR) is 51.9 cm³/mol. The van der Waals surface area contributed by atoms with Gasteiger partial charge in [-0.05, 0) is 26.3 Å². The molecule has 0 radical (unpaired) electrons. The molecule has 2 atom stereocenters. The maximum Gasteiger partial charge on any atom is 0.160 e. The van der Waals surface area contributed by atoms with E-state index in [0.717, 1.165) is 0 Å². The largest absolute Gasteiger partial charge is 0.272 e. The van der Waals surface area contributed by atoms with Gasteiger partial charge in [0.2, 0.25) is 0 Å². The molecule has 0 amide bonds. The molecule has 0 aromatic heterocycles. The van der Waals surface area contributed by atoms with Gasteiger partial charge in [-0.3, -0.25) is 4.84 Å². The van der Waals surface area contributed by atoms with Crippen molar-refractivity contribution >= 4 is 0 Å². The molecule has 1 aromatic rings. The number of hydrogen-bond donors (Lipinski definition) is 0. The Bertz CT molecular complexity index is 294. The van der Waals surface area contributed by atoms with Gasteiger partial charge >= 0.3 is 0 Å². The molecule has 1 aromatic carbocycles. The van der Waals surface area contributed by atoms with Crippen LogP contribution in [0.2, 0.25) is 0 Å². The van der Waals surface area contributed by atoms with Crippen molar-refractivity contribution in [1.29, 1.82) is 0 Å². The van der Waals surface area contributed by atoms with Crippen LogP contribution in [0.5, 0.6) is 0 Å². The SMILES string of the molecule is CC(c1ccccc1)N1OC1(C)C. The summed E-state index contributed by atoms with van der Waals surface area (Å²) in [7, 11) is 0. The van der Waals surface area contributed by atoms with Crippen LogP contribution < -0.4 is 0 Å². The van der Waals surface area contributed by atoms with E-state index in [1.807, 2.05) is 11.1 Å². The molecule has 0 N–H and O–H groups in total. The molecule has 1 fully saturated rings. The first-order valence-corrected chi connectivity index (χ1v) is 4.65. The van der Waals surface area contributed by atoms with E-state index in [-0.39, 0.29) is 5.72 Å². The topological polar surface area (TPSA) is 15.5 Å². The van der Waals surface area contributed by atoms with Crippen molar-refractivity contribution < 1.29 is 4.84 Å². The van der Waals surface area contributed by atoms with Crippen LogP contribution in [-0.2, 0) is 4.84 Å². The second-order valence-electron chi connectivity index (χ2n) is 3.95. The van der Waals surface area contributed by atoms with Crippen molar-refractivity contribution in [2.75, 3.05) is 0 Å². The van der Waals surface area contributed by atoms with E-state index >= 15 is 0 Å². The highest BCUT2D eigenvalue weighted by Crippen LogP contribution is 2.41. The van der Waals surface area contributed by atoms with Gasteiger partial charge in [-0.15, -0.1) is 5.06 Å². The fraction of sp³-hybridized carbons (Fsp3) is 0.455. The van der Waals surface area contributed by atoms with E-state index in [4.69, 9.17) is 4.84 Å². The van der Waals surface area contributed by atoms with Crippen LogP contribution in [0.3, 0.4) is 0 Å². The molecular weight excluding hydrogens is 162 g/mol. The average molecular weight is 177 g/mol. The Hall–Kier alpha value is -0.860. The highest BCUT2D eigenvalue weighted by molar-refractivity contribution is 5.18. The minimum absolute atomic E-state index is 0.0741. The summed E-state index contributed by atoms with van der Waals surface area (Å²) in [5, 5.41) is 2.02. The zero-order chi connectivity index (χ0) is 9.47. The predicted octanol–water partition coefficient (Wildman–Crippen LogP) is 2.73. The Balaban J connectivity index is 2.12. The van der Waals surface area contributed by atoms with Gasteiger partial charge in [0, 0.05) is 0 Å². The van der Waals surface area contributed by atoms with E-state index in [9.17, 15) is 0 Å². The third-order valence-corrected chi connectivity index (χ3v) is 2.45. The molecule has 2 rings (SSSR count). The maximum absolute atomic E-state index is 5.45. The summed E-state index contributed by atoms with van der Waals surface area (Å²) in [6, 6.07) is 10.7. The second-order valence-corrected chi connectivity index (χ2v) is 3.95. The van der Waals surface area contributed by atoms with Gasteiger partial charge in [0.15, 0.2) is 5.72 Å².